The Balaban J connectivity index is 3.31. The average molecular weight is 161 g/mol. The van der Waals surface area contributed by atoms with Crippen molar-refractivity contribution < 1.29 is 4.39 Å². The first-order chi connectivity index (χ1) is 4.61. The fourth-order valence-electron chi connectivity index (χ4n) is 0.657. The quantitative estimate of drug-likeness (QED) is 0.542. The van der Waals surface area contributed by atoms with E-state index in [-0.39, 0.29) is 10.8 Å². The van der Waals surface area contributed by atoms with Gasteiger partial charge in [-0.1, -0.05) is 11.6 Å². The van der Waals surface area contributed by atoms with E-state index < -0.39 is 5.82 Å². The number of halogens is 2. The van der Waals surface area contributed by atoms with Gasteiger partial charge in [-0.15, -0.1) is 0 Å². The second-order valence-corrected chi connectivity index (χ2v) is 2.32. The third-order valence-corrected chi connectivity index (χ3v) is 1.34. The minimum Gasteiger partial charge on any atom is -0.235 e. The van der Waals surface area contributed by atoms with Gasteiger partial charge in [-0.25, -0.2) is 14.4 Å². The van der Waals surface area contributed by atoms with Crippen LogP contribution in [-0.4, -0.2) is 9.97 Å². The Kier molecular flexibility index (Phi) is 1.85. The van der Waals surface area contributed by atoms with E-state index in [2.05, 4.69) is 9.97 Å². The molecule has 10 heavy (non-hydrogen) atoms. The number of hydrogen-bond donors (Lipinski definition) is 0. The molecule has 0 aromatic carbocycles. The Labute approximate surface area is 63.1 Å². The Bertz CT molecular complexity index is 239. The molecule has 54 valence electrons. The van der Waals surface area contributed by atoms with Crippen LogP contribution < -0.4 is 0 Å². The molecule has 4 heteroatoms. The number of nitrogens with zero attached hydrogens (tertiary/aromatic N) is 2. The van der Waals surface area contributed by atoms with Crippen LogP contribution in [0.3, 0.4) is 0 Å². The van der Waals surface area contributed by atoms with Crippen LogP contribution in [0, 0.1) is 19.7 Å². The number of rotatable bonds is 0. The molecule has 2 nitrogen and oxygen atoms in total. The molecule has 1 heterocycles. The van der Waals surface area contributed by atoms with Crippen LogP contribution in [0.25, 0.3) is 0 Å². The van der Waals surface area contributed by atoms with Crippen LogP contribution in [0.5, 0.6) is 0 Å². The van der Waals surface area contributed by atoms with Crippen molar-refractivity contribution in [2.75, 3.05) is 0 Å². The monoisotopic (exact) mass is 160 g/mol. The third-order valence-electron chi connectivity index (χ3n) is 1.09. The zero-order valence-corrected chi connectivity index (χ0v) is 6.41. The largest absolute Gasteiger partial charge is 0.235 e. The second-order valence-electron chi connectivity index (χ2n) is 1.96. The predicted molar refractivity (Wildman–Crippen MR) is 36.5 cm³/mol. The first-order valence-electron chi connectivity index (χ1n) is 2.77. The molecule has 0 unspecified atom stereocenters. The molecular weight excluding hydrogens is 155 g/mol. The summed E-state index contributed by atoms with van der Waals surface area (Å²) >= 11 is 5.39. The lowest BCUT2D eigenvalue weighted by atomic mass is 10.4. The summed E-state index contributed by atoms with van der Waals surface area (Å²) in [5, 5.41) is -0.106. The Morgan fingerprint density at radius 3 is 2.40 bits per heavy atom. The van der Waals surface area contributed by atoms with E-state index in [9.17, 15) is 4.39 Å². The molecule has 1 aromatic rings. The minimum absolute atomic E-state index is 0.106. The summed E-state index contributed by atoms with van der Waals surface area (Å²) in [5.74, 6) is -0.0452. The highest BCUT2D eigenvalue weighted by atomic mass is 35.5. The summed E-state index contributed by atoms with van der Waals surface area (Å²) in [6.45, 7) is 3.22. The van der Waals surface area contributed by atoms with Gasteiger partial charge in [0.2, 0.25) is 0 Å². The lowest BCUT2D eigenvalue weighted by molar-refractivity contribution is 0.599. The highest BCUT2D eigenvalue weighted by Gasteiger charge is 2.05. The molecule has 1 rings (SSSR count). The van der Waals surface area contributed by atoms with E-state index in [1.165, 1.54) is 0 Å². The fourth-order valence-corrected chi connectivity index (χ4v) is 0.916. The summed E-state index contributed by atoms with van der Waals surface area (Å²) < 4.78 is 12.7. The van der Waals surface area contributed by atoms with Gasteiger partial charge in [0.05, 0.1) is 5.69 Å². The van der Waals surface area contributed by atoms with Crippen molar-refractivity contribution >= 4 is 11.6 Å². The zero-order valence-electron chi connectivity index (χ0n) is 5.65. The van der Waals surface area contributed by atoms with E-state index in [0.717, 1.165) is 0 Å². The molecule has 0 aliphatic heterocycles. The Hall–Kier alpha value is -0.700. The predicted octanol–water partition coefficient (Wildman–Crippen LogP) is 1.89. The smallest absolute Gasteiger partial charge is 0.181 e. The Morgan fingerprint density at radius 1 is 1.30 bits per heavy atom. The molecule has 1 aromatic heterocycles. The maximum absolute atomic E-state index is 12.7. The van der Waals surface area contributed by atoms with Gasteiger partial charge < -0.3 is 0 Å². The van der Waals surface area contributed by atoms with Gasteiger partial charge >= 0.3 is 0 Å². The molecule has 0 radical (unpaired) electrons. The first-order valence-corrected chi connectivity index (χ1v) is 3.15. The zero-order chi connectivity index (χ0) is 7.72. The molecule has 0 aliphatic rings. The van der Waals surface area contributed by atoms with Crippen LogP contribution in [0.4, 0.5) is 4.39 Å². The minimum atomic E-state index is -0.535. The molecule has 0 atom stereocenters. The highest BCUT2D eigenvalue weighted by Crippen LogP contribution is 2.12. The molecule has 0 amide bonds. The number of aromatic nitrogens is 2. The van der Waals surface area contributed by atoms with Crippen molar-refractivity contribution in [2.45, 2.75) is 13.8 Å². The van der Waals surface area contributed by atoms with Gasteiger partial charge in [-0.05, 0) is 13.8 Å². The van der Waals surface area contributed by atoms with E-state index >= 15 is 0 Å². The van der Waals surface area contributed by atoms with Gasteiger partial charge in [0.25, 0.3) is 0 Å². The van der Waals surface area contributed by atoms with Crippen LogP contribution >= 0.6 is 11.6 Å². The molecular formula is C6H6ClFN2. The summed E-state index contributed by atoms with van der Waals surface area (Å²) in [7, 11) is 0. The van der Waals surface area contributed by atoms with Gasteiger partial charge in [0, 0.05) is 0 Å². The van der Waals surface area contributed by atoms with Gasteiger partial charge in [0.1, 0.15) is 5.82 Å². The molecule has 0 N–H and O–H groups in total. The molecule has 0 fully saturated rings. The number of aryl methyl sites for hydroxylation is 2. The summed E-state index contributed by atoms with van der Waals surface area (Å²) in [4.78, 5) is 7.38. The van der Waals surface area contributed by atoms with Gasteiger partial charge in [-0.2, -0.15) is 0 Å². The number of hydrogen-bond acceptors (Lipinski definition) is 2. The lowest BCUT2D eigenvalue weighted by Gasteiger charge is -1.97. The van der Waals surface area contributed by atoms with Crippen molar-refractivity contribution in [3.63, 3.8) is 0 Å². The normalized spacial score (nSPS) is 10.0. The van der Waals surface area contributed by atoms with Crippen LogP contribution in [0.15, 0.2) is 0 Å². The van der Waals surface area contributed by atoms with Crippen molar-refractivity contribution in [3.8, 4) is 0 Å². The van der Waals surface area contributed by atoms with Gasteiger partial charge in [-0.3, -0.25) is 0 Å². The topological polar surface area (TPSA) is 25.8 Å². The van der Waals surface area contributed by atoms with E-state index in [1.807, 2.05) is 0 Å². The summed E-state index contributed by atoms with van der Waals surface area (Å²) in [6, 6.07) is 0. The summed E-state index contributed by atoms with van der Waals surface area (Å²) in [5.41, 5.74) is 0.289. The maximum atomic E-state index is 12.7. The molecule has 0 spiro atoms. The molecule has 0 aliphatic carbocycles. The SMILES string of the molecule is Cc1nc(C)c(F)c(Cl)n1. The van der Waals surface area contributed by atoms with E-state index in [0.29, 0.717) is 5.82 Å². The van der Waals surface area contributed by atoms with Crippen LogP contribution in [-0.2, 0) is 0 Å². The third kappa shape index (κ3) is 1.24. The van der Waals surface area contributed by atoms with Crippen molar-refractivity contribution in [1.82, 2.24) is 9.97 Å². The second kappa shape index (κ2) is 2.50. The first kappa shape index (κ1) is 7.41. The fraction of sp³-hybridized carbons (Fsp3) is 0.333. The summed E-state index contributed by atoms with van der Waals surface area (Å²) in [6.07, 6.45) is 0. The maximum Gasteiger partial charge on any atom is 0.181 e. The van der Waals surface area contributed by atoms with E-state index in [1.54, 1.807) is 13.8 Å². The van der Waals surface area contributed by atoms with Gasteiger partial charge in [0.15, 0.2) is 11.0 Å². The Morgan fingerprint density at radius 2 is 1.90 bits per heavy atom. The van der Waals surface area contributed by atoms with Crippen molar-refractivity contribution in [2.24, 2.45) is 0 Å². The van der Waals surface area contributed by atoms with Crippen molar-refractivity contribution in [3.05, 3.63) is 22.5 Å². The van der Waals surface area contributed by atoms with E-state index in [4.69, 9.17) is 11.6 Å². The molecule has 0 saturated heterocycles. The van der Waals surface area contributed by atoms with Crippen molar-refractivity contribution in [1.29, 1.82) is 0 Å². The van der Waals surface area contributed by atoms with Crippen LogP contribution in [0.2, 0.25) is 5.15 Å². The average Bonchev–Trinajstić information content (AvgIpc) is 1.82. The highest BCUT2D eigenvalue weighted by molar-refractivity contribution is 6.29. The standard InChI is InChI=1S/C6H6ClFN2/c1-3-5(8)6(7)10-4(2)9-3/h1-2H3. The van der Waals surface area contributed by atoms with Crippen LogP contribution in [0.1, 0.15) is 11.5 Å². The lowest BCUT2D eigenvalue weighted by Crippen LogP contribution is -1.95. The molecule has 0 saturated carbocycles. The molecule has 0 bridgehead atoms.